The quantitative estimate of drug-likeness (QED) is 0.926. The number of methoxy groups -OCH3 is 2. The zero-order valence-electron chi connectivity index (χ0n) is 10.0. The Kier molecular flexibility index (Phi) is 4.62. The summed E-state index contributed by atoms with van der Waals surface area (Å²) in [6.07, 6.45) is 0.167. The summed E-state index contributed by atoms with van der Waals surface area (Å²) in [5.74, 6) is 1.55. The molecule has 0 amide bonds. The maximum Gasteiger partial charge on any atom is 0.139 e. The maximum absolute atomic E-state index is 9.43. The van der Waals surface area contributed by atoms with Crippen LogP contribution in [0.4, 0.5) is 0 Å². The highest BCUT2D eigenvalue weighted by Gasteiger charge is 2.16. The average Bonchev–Trinajstić information content (AvgIpc) is 2.17. The molecule has 0 aliphatic rings. The van der Waals surface area contributed by atoms with Gasteiger partial charge in [0.15, 0.2) is 0 Å². The van der Waals surface area contributed by atoms with E-state index in [1.54, 1.807) is 21.1 Å². The third kappa shape index (κ3) is 2.68. The minimum Gasteiger partial charge on any atom is -0.496 e. The average molecular weight is 289 g/mol. The Hall–Kier alpha value is -0.740. The molecule has 0 saturated heterocycles. The van der Waals surface area contributed by atoms with Gasteiger partial charge in [-0.05, 0) is 41.4 Å². The van der Waals surface area contributed by atoms with Crippen LogP contribution >= 0.6 is 15.9 Å². The van der Waals surface area contributed by atoms with Gasteiger partial charge in [0.25, 0.3) is 0 Å². The summed E-state index contributed by atoms with van der Waals surface area (Å²) in [6, 6.07) is 1.93. The molecule has 1 unspecified atom stereocenters. The van der Waals surface area contributed by atoms with Crippen molar-refractivity contribution in [2.75, 3.05) is 14.2 Å². The molecule has 0 spiro atoms. The molecule has 0 aliphatic carbocycles. The van der Waals surface area contributed by atoms with E-state index in [4.69, 9.17) is 9.47 Å². The lowest BCUT2D eigenvalue weighted by Gasteiger charge is -2.17. The second-order valence-corrected chi connectivity index (χ2v) is 4.62. The SMILES string of the molecule is COc1c(Br)cc(CC(C)O)c(OC)c1C. The van der Waals surface area contributed by atoms with Crippen molar-refractivity contribution in [2.24, 2.45) is 0 Å². The number of hydrogen-bond acceptors (Lipinski definition) is 3. The molecule has 0 radical (unpaired) electrons. The maximum atomic E-state index is 9.43. The van der Waals surface area contributed by atoms with Crippen LogP contribution in [0.15, 0.2) is 10.5 Å². The normalized spacial score (nSPS) is 12.4. The van der Waals surface area contributed by atoms with Crippen LogP contribution in [0, 0.1) is 6.92 Å². The lowest BCUT2D eigenvalue weighted by Crippen LogP contribution is -2.07. The van der Waals surface area contributed by atoms with Crippen LogP contribution < -0.4 is 9.47 Å². The predicted octanol–water partition coefficient (Wildman–Crippen LogP) is 2.70. The first-order chi connectivity index (χ1) is 7.51. The fourth-order valence-corrected chi connectivity index (χ4v) is 2.55. The van der Waals surface area contributed by atoms with E-state index in [2.05, 4.69) is 15.9 Å². The molecule has 4 heteroatoms. The van der Waals surface area contributed by atoms with Gasteiger partial charge < -0.3 is 14.6 Å². The first-order valence-corrected chi connectivity index (χ1v) is 5.88. The van der Waals surface area contributed by atoms with Crippen LogP contribution in [-0.4, -0.2) is 25.4 Å². The molecule has 0 heterocycles. The van der Waals surface area contributed by atoms with Crippen molar-refractivity contribution in [1.29, 1.82) is 0 Å². The van der Waals surface area contributed by atoms with E-state index in [9.17, 15) is 5.11 Å². The Morgan fingerprint density at radius 1 is 1.31 bits per heavy atom. The highest BCUT2D eigenvalue weighted by molar-refractivity contribution is 9.10. The summed E-state index contributed by atoms with van der Waals surface area (Å²) in [5, 5.41) is 9.43. The summed E-state index contributed by atoms with van der Waals surface area (Å²) in [7, 11) is 3.25. The summed E-state index contributed by atoms with van der Waals surface area (Å²) in [5.41, 5.74) is 1.91. The van der Waals surface area contributed by atoms with Crippen molar-refractivity contribution in [2.45, 2.75) is 26.4 Å². The molecule has 16 heavy (non-hydrogen) atoms. The minimum absolute atomic E-state index is 0.395. The van der Waals surface area contributed by atoms with Gasteiger partial charge in [0.05, 0.1) is 24.8 Å². The molecule has 0 saturated carbocycles. The van der Waals surface area contributed by atoms with Crippen LogP contribution in [0.1, 0.15) is 18.1 Å². The van der Waals surface area contributed by atoms with E-state index in [-0.39, 0.29) is 0 Å². The molecule has 0 bridgehead atoms. The van der Waals surface area contributed by atoms with E-state index in [1.807, 2.05) is 13.0 Å². The molecule has 1 N–H and O–H groups in total. The summed E-state index contributed by atoms with van der Waals surface area (Å²) < 4.78 is 11.5. The zero-order chi connectivity index (χ0) is 12.3. The molecule has 0 aliphatic heterocycles. The molecule has 1 rings (SSSR count). The molecule has 90 valence electrons. The molecule has 0 fully saturated rings. The fourth-order valence-electron chi connectivity index (χ4n) is 1.81. The topological polar surface area (TPSA) is 38.7 Å². The smallest absolute Gasteiger partial charge is 0.139 e. The van der Waals surface area contributed by atoms with Gasteiger partial charge in [0.1, 0.15) is 11.5 Å². The number of aliphatic hydroxyl groups excluding tert-OH is 1. The highest BCUT2D eigenvalue weighted by Crippen LogP contribution is 2.38. The summed E-state index contributed by atoms with van der Waals surface area (Å²) in [4.78, 5) is 0. The van der Waals surface area contributed by atoms with Crippen LogP contribution in [0.3, 0.4) is 0 Å². The number of benzene rings is 1. The molecule has 0 aromatic heterocycles. The summed E-state index contributed by atoms with van der Waals surface area (Å²) >= 11 is 3.45. The first-order valence-electron chi connectivity index (χ1n) is 5.09. The van der Waals surface area contributed by atoms with Gasteiger partial charge in [-0.1, -0.05) is 0 Å². The number of halogens is 1. The standard InChI is InChI=1S/C12H17BrO3/c1-7(14)5-9-6-10(13)12(16-4)8(2)11(9)15-3/h6-7,14H,5H2,1-4H3. The Bertz CT molecular complexity index is 375. The van der Waals surface area contributed by atoms with Crippen molar-refractivity contribution in [3.8, 4) is 11.5 Å². The fraction of sp³-hybridized carbons (Fsp3) is 0.500. The minimum atomic E-state index is -0.395. The number of aliphatic hydroxyl groups is 1. The van der Waals surface area contributed by atoms with Gasteiger partial charge in [0.2, 0.25) is 0 Å². The Balaban J connectivity index is 3.29. The largest absolute Gasteiger partial charge is 0.496 e. The van der Waals surface area contributed by atoms with Gasteiger partial charge in [0, 0.05) is 12.0 Å². The van der Waals surface area contributed by atoms with Crippen LogP contribution in [0.2, 0.25) is 0 Å². The van der Waals surface area contributed by atoms with Crippen molar-refractivity contribution < 1.29 is 14.6 Å². The van der Waals surface area contributed by atoms with E-state index < -0.39 is 6.10 Å². The predicted molar refractivity (Wildman–Crippen MR) is 67.4 cm³/mol. The van der Waals surface area contributed by atoms with Gasteiger partial charge in [-0.3, -0.25) is 0 Å². The van der Waals surface area contributed by atoms with Gasteiger partial charge >= 0.3 is 0 Å². The van der Waals surface area contributed by atoms with Crippen LogP contribution in [0.5, 0.6) is 11.5 Å². The van der Waals surface area contributed by atoms with E-state index in [1.165, 1.54) is 0 Å². The Morgan fingerprint density at radius 2 is 1.88 bits per heavy atom. The second-order valence-electron chi connectivity index (χ2n) is 3.76. The van der Waals surface area contributed by atoms with Gasteiger partial charge in [-0.25, -0.2) is 0 Å². The third-order valence-electron chi connectivity index (χ3n) is 2.41. The lowest BCUT2D eigenvalue weighted by atomic mass is 10.0. The lowest BCUT2D eigenvalue weighted by molar-refractivity contribution is 0.194. The molecule has 1 aromatic rings. The first kappa shape index (κ1) is 13.3. The number of hydrogen-bond donors (Lipinski definition) is 1. The Labute approximate surface area is 105 Å². The van der Waals surface area contributed by atoms with Crippen molar-refractivity contribution in [3.63, 3.8) is 0 Å². The summed E-state index contributed by atoms with van der Waals surface area (Å²) in [6.45, 7) is 3.70. The van der Waals surface area contributed by atoms with Gasteiger partial charge in [-0.2, -0.15) is 0 Å². The second kappa shape index (κ2) is 5.55. The molecule has 1 atom stereocenters. The molecule has 3 nitrogen and oxygen atoms in total. The Morgan fingerprint density at radius 3 is 2.31 bits per heavy atom. The van der Waals surface area contributed by atoms with E-state index in [0.717, 1.165) is 27.1 Å². The molecule has 1 aromatic carbocycles. The van der Waals surface area contributed by atoms with Crippen molar-refractivity contribution in [3.05, 3.63) is 21.7 Å². The van der Waals surface area contributed by atoms with E-state index in [0.29, 0.717) is 6.42 Å². The van der Waals surface area contributed by atoms with Crippen molar-refractivity contribution >= 4 is 15.9 Å². The van der Waals surface area contributed by atoms with Crippen molar-refractivity contribution in [1.82, 2.24) is 0 Å². The van der Waals surface area contributed by atoms with Crippen LogP contribution in [0.25, 0.3) is 0 Å². The third-order valence-corrected chi connectivity index (χ3v) is 3.00. The molecular formula is C12H17BrO3. The van der Waals surface area contributed by atoms with Crippen LogP contribution in [-0.2, 0) is 6.42 Å². The zero-order valence-corrected chi connectivity index (χ0v) is 11.6. The van der Waals surface area contributed by atoms with Gasteiger partial charge in [-0.15, -0.1) is 0 Å². The monoisotopic (exact) mass is 288 g/mol. The number of ether oxygens (including phenoxy) is 2. The number of rotatable bonds is 4. The van der Waals surface area contributed by atoms with E-state index >= 15 is 0 Å². The molecular weight excluding hydrogens is 272 g/mol. The highest BCUT2D eigenvalue weighted by atomic mass is 79.9.